The molecule has 0 spiro atoms. The minimum Gasteiger partial charge on any atom is -0.389 e. The zero-order valence-corrected chi connectivity index (χ0v) is 7.57. The van der Waals surface area contributed by atoms with Crippen molar-refractivity contribution in [3.63, 3.8) is 0 Å². The van der Waals surface area contributed by atoms with Crippen LogP contribution < -0.4 is 5.84 Å². The number of likely N-dealkylation sites (N-methyl/N-ethyl adjacent to an activating group) is 1. The fraction of sp³-hybridized carbons (Fsp3) is 0.750. The number of ether oxygens (including phenoxy) is 1. The molecule has 0 saturated carbocycles. The lowest BCUT2D eigenvalue weighted by molar-refractivity contribution is 0.0271. The van der Waals surface area contributed by atoms with Gasteiger partial charge in [0.05, 0.1) is 19.3 Å². The average molecular weight is 174 g/mol. The van der Waals surface area contributed by atoms with Crippen LogP contribution in [0.1, 0.15) is 6.92 Å². The average Bonchev–Trinajstić information content (AvgIpc) is 2.05. The quantitative estimate of drug-likeness (QED) is 0.242. The number of hydrogen-bond acceptors (Lipinski definition) is 4. The topological polar surface area (TPSA) is 58.7 Å². The summed E-state index contributed by atoms with van der Waals surface area (Å²) in [5.41, 5.74) is 0. The first-order valence-electron chi connectivity index (χ1n) is 4.07. The molecule has 0 fully saturated rings. The molecule has 0 heterocycles. The predicted octanol–water partition coefficient (Wildman–Crippen LogP) is -0.254. The number of nitrogens with two attached hydrogens (primary N) is 1. The fourth-order valence-electron chi connectivity index (χ4n) is 0.740. The molecule has 0 aliphatic rings. The van der Waals surface area contributed by atoms with E-state index in [9.17, 15) is 5.11 Å². The van der Waals surface area contributed by atoms with E-state index in [1.54, 1.807) is 11.1 Å². The van der Waals surface area contributed by atoms with Crippen molar-refractivity contribution < 1.29 is 9.84 Å². The van der Waals surface area contributed by atoms with Crippen LogP contribution in [-0.2, 0) is 4.74 Å². The maximum Gasteiger partial charge on any atom is 0.0914 e. The molecular weight excluding hydrogens is 156 g/mol. The third-order valence-corrected chi connectivity index (χ3v) is 1.40. The van der Waals surface area contributed by atoms with Gasteiger partial charge in [-0.15, -0.1) is 6.58 Å². The Labute approximate surface area is 73.6 Å². The summed E-state index contributed by atoms with van der Waals surface area (Å²) in [7, 11) is 0. The van der Waals surface area contributed by atoms with Crippen LogP contribution in [0.4, 0.5) is 0 Å². The zero-order valence-electron chi connectivity index (χ0n) is 7.57. The van der Waals surface area contributed by atoms with Gasteiger partial charge in [-0.2, -0.15) is 0 Å². The molecule has 0 bridgehead atoms. The number of hydrogen-bond donors (Lipinski definition) is 2. The summed E-state index contributed by atoms with van der Waals surface area (Å²) in [4.78, 5) is 0. The molecule has 0 aromatic rings. The highest BCUT2D eigenvalue weighted by Crippen LogP contribution is 1.88. The van der Waals surface area contributed by atoms with Crippen molar-refractivity contribution in [1.29, 1.82) is 0 Å². The van der Waals surface area contributed by atoms with Gasteiger partial charge in [0.2, 0.25) is 0 Å². The molecule has 1 unspecified atom stereocenters. The maximum atomic E-state index is 9.30. The number of aliphatic hydroxyl groups is 1. The Morgan fingerprint density at radius 1 is 1.75 bits per heavy atom. The molecule has 0 saturated heterocycles. The van der Waals surface area contributed by atoms with Gasteiger partial charge in [0.1, 0.15) is 0 Å². The third kappa shape index (κ3) is 6.30. The van der Waals surface area contributed by atoms with Gasteiger partial charge in [0.25, 0.3) is 0 Å². The molecule has 4 heteroatoms. The van der Waals surface area contributed by atoms with Crippen molar-refractivity contribution in [2.75, 3.05) is 26.3 Å². The smallest absolute Gasteiger partial charge is 0.0914 e. The molecule has 12 heavy (non-hydrogen) atoms. The summed E-state index contributed by atoms with van der Waals surface area (Å²) in [5.74, 6) is 5.48. The van der Waals surface area contributed by atoms with E-state index in [2.05, 4.69) is 6.58 Å². The Balaban J connectivity index is 3.32. The van der Waals surface area contributed by atoms with Crippen molar-refractivity contribution in [1.82, 2.24) is 5.01 Å². The first-order valence-corrected chi connectivity index (χ1v) is 4.07. The highest BCUT2D eigenvalue weighted by Gasteiger charge is 2.06. The fourth-order valence-corrected chi connectivity index (χ4v) is 0.740. The minimum absolute atomic E-state index is 0.305. The second-order valence-electron chi connectivity index (χ2n) is 2.57. The number of hydrazine groups is 1. The third-order valence-electron chi connectivity index (χ3n) is 1.40. The second kappa shape index (κ2) is 7.24. The van der Waals surface area contributed by atoms with Crippen LogP contribution in [0.5, 0.6) is 0 Å². The van der Waals surface area contributed by atoms with Gasteiger partial charge in [0.15, 0.2) is 0 Å². The Hall–Kier alpha value is -0.420. The van der Waals surface area contributed by atoms with E-state index in [4.69, 9.17) is 10.6 Å². The van der Waals surface area contributed by atoms with Crippen LogP contribution in [-0.4, -0.2) is 42.5 Å². The van der Waals surface area contributed by atoms with E-state index in [0.29, 0.717) is 19.8 Å². The Kier molecular flexibility index (Phi) is 6.99. The van der Waals surface area contributed by atoms with Gasteiger partial charge in [-0.3, -0.25) is 5.84 Å². The summed E-state index contributed by atoms with van der Waals surface area (Å²) < 4.78 is 5.04. The van der Waals surface area contributed by atoms with Crippen LogP contribution in [0.15, 0.2) is 12.7 Å². The first kappa shape index (κ1) is 11.6. The van der Waals surface area contributed by atoms with Crippen LogP contribution in [0, 0.1) is 0 Å². The Morgan fingerprint density at radius 3 is 2.92 bits per heavy atom. The number of nitrogens with zero attached hydrogens (tertiary/aromatic N) is 1. The van der Waals surface area contributed by atoms with Gasteiger partial charge in [-0.1, -0.05) is 13.0 Å². The highest BCUT2D eigenvalue weighted by atomic mass is 16.5. The normalized spacial score (nSPS) is 13.3. The largest absolute Gasteiger partial charge is 0.389 e. The van der Waals surface area contributed by atoms with E-state index in [-0.39, 0.29) is 0 Å². The summed E-state index contributed by atoms with van der Waals surface area (Å²) in [6.07, 6.45) is 1.13. The summed E-state index contributed by atoms with van der Waals surface area (Å²) in [5, 5.41) is 10.8. The lowest BCUT2D eigenvalue weighted by Crippen LogP contribution is -2.39. The SMILES string of the molecule is C=CCOCC(O)CN(N)CC. The van der Waals surface area contributed by atoms with Crippen molar-refractivity contribution in [3.05, 3.63) is 12.7 Å². The number of rotatable bonds is 7. The van der Waals surface area contributed by atoms with Gasteiger partial charge in [-0.05, 0) is 0 Å². The Morgan fingerprint density at radius 2 is 2.42 bits per heavy atom. The van der Waals surface area contributed by atoms with Gasteiger partial charge >= 0.3 is 0 Å². The van der Waals surface area contributed by atoms with Crippen molar-refractivity contribution in [3.8, 4) is 0 Å². The monoisotopic (exact) mass is 174 g/mol. The van der Waals surface area contributed by atoms with E-state index in [1.807, 2.05) is 6.92 Å². The van der Waals surface area contributed by atoms with E-state index < -0.39 is 6.10 Å². The lowest BCUT2D eigenvalue weighted by atomic mass is 10.3. The molecule has 4 nitrogen and oxygen atoms in total. The van der Waals surface area contributed by atoms with Crippen LogP contribution >= 0.6 is 0 Å². The van der Waals surface area contributed by atoms with Crippen LogP contribution in [0.3, 0.4) is 0 Å². The molecule has 0 aromatic carbocycles. The summed E-state index contributed by atoms with van der Waals surface area (Å²) in [6, 6.07) is 0. The molecule has 3 N–H and O–H groups in total. The molecule has 72 valence electrons. The molecule has 0 rings (SSSR count). The maximum absolute atomic E-state index is 9.30. The van der Waals surface area contributed by atoms with Crippen LogP contribution in [0.2, 0.25) is 0 Å². The summed E-state index contributed by atoms with van der Waals surface area (Å²) in [6.45, 7) is 7.35. The van der Waals surface area contributed by atoms with Gasteiger partial charge in [-0.25, -0.2) is 5.01 Å². The summed E-state index contributed by atoms with van der Waals surface area (Å²) >= 11 is 0. The second-order valence-corrected chi connectivity index (χ2v) is 2.57. The molecular formula is C8H18N2O2. The van der Waals surface area contributed by atoms with Crippen molar-refractivity contribution in [2.45, 2.75) is 13.0 Å². The van der Waals surface area contributed by atoms with Crippen molar-refractivity contribution >= 4 is 0 Å². The molecule has 0 aliphatic heterocycles. The molecule has 0 aromatic heterocycles. The molecule has 0 aliphatic carbocycles. The predicted molar refractivity (Wildman–Crippen MR) is 48.5 cm³/mol. The van der Waals surface area contributed by atoms with Gasteiger partial charge in [0, 0.05) is 13.1 Å². The molecule has 0 radical (unpaired) electrons. The molecule has 1 atom stereocenters. The van der Waals surface area contributed by atoms with Gasteiger partial charge < -0.3 is 9.84 Å². The molecule has 0 amide bonds. The minimum atomic E-state index is -0.519. The van der Waals surface area contributed by atoms with E-state index in [1.165, 1.54) is 0 Å². The lowest BCUT2D eigenvalue weighted by Gasteiger charge is -2.17. The van der Waals surface area contributed by atoms with Crippen LogP contribution in [0.25, 0.3) is 0 Å². The first-order chi connectivity index (χ1) is 5.70. The Bertz CT molecular complexity index is 120. The zero-order chi connectivity index (χ0) is 9.40. The number of aliphatic hydroxyl groups excluding tert-OH is 1. The standard InChI is InChI=1S/C8H18N2O2/c1-3-5-12-7-8(11)6-10(9)4-2/h3,8,11H,1,4-7,9H2,2H3. The van der Waals surface area contributed by atoms with E-state index in [0.717, 1.165) is 6.54 Å². The van der Waals surface area contributed by atoms with E-state index >= 15 is 0 Å². The van der Waals surface area contributed by atoms with Crippen molar-refractivity contribution in [2.24, 2.45) is 5.84 Å². The highest BCUT2D eigenvalue weighted by molar-refractivity contribution is 4.65.